The summed E-state index contributed by atoms with van der Waals surface area (Å²) in [7, 11) is -3.95. The van der Waals surface area contributed by atoms with Crippen molar-refractivity contribution in [3.8, 4) is 0 Å². The van der Waals surface area contributed by atoms with Gasteiger partial charge >= 0.3 is 6.01 Å². The molecule has 2 heterocycles. The lowest BCUT2D eigenvalue weighted by Gasteiger charge is -2.18. The van der Waals surface area contributed by atoms with Gasteiger partial charge in [-0.1, -0.05) is 5.10 Å². The highest BCUT2D eigenvalue weighted by Crippen LogP contribution is 2.26. The van der Waals surface area contributed by atoms with Gasteiger partial charge in [-0.2, -0.15) is 0 Å². The van der Waals surface area contributed by atoms with E-state index in [1.165, 1.54) is 0 Å². The Balaban J connectivity index is 1.74. The van der Waals surface area contributed by atoms with Crippen molar-refractivity contribution in [1.29, 1.82) is 0 Å². The van der Waals surface area contributed by atoms with Gasteiger partial charge in [0.15, 0.2) is 0 Å². The SMILES string of the molecule is O=[N+]([O-])c1ccc(S(=O)(=O)Nc2nnc(C3CCNCC3)o2)cc1. The van der Waals surface area contributed by atoms with E-state index in [9.17, 15) is 18.5 Å². The summed E-state index contributed by atoms with van der Waals surface area (Å²) in [5.41, 5.74) is -0.195. The molecule has 2 N–H and O–H groups in total. The summed E-state index contributed by atoms with van der Waals surface area (Å²) in [5.74, 6) is 0.509. The van der Waals surface area contributed by atoms with E-state index in [-0.39, 0.29) is 22.5 Å². The smallest absolute Gasteiger partial charge is 0.329 e. The van der Waals surface area contributed by atoms with Crippen LogP contribution in [0.3, 0.4) is 0 Å². The van der Waals surface area contributed by atoms with Gasteiger partial charge < -0.3 is 9.73 Å². The zero-order valence-electron chi connectivity index (χ0n) is 12.5. The molecule has 0 spiro atoms. The summed E-state index contributed by atoms with van der Waals surface area (Å²) in [4.78, 5) is 9.87. The van der Waals surface area contributed by atoms with Crippen molar-refractivity contribution in [3.63, 3.8) is 0 Å². The Morgan fingerprint density at radius 2 is 1.88 bits per heavy atom. The third-order valence-corrected chi connectivity index (χ3v) is 5.04. The maximum atomic E-state index is 12.2. The second-order valence-electron chi connectivity index (χ2n) is 5.33. The molecular weight excluding hydrogens is 338 g/mol. The number of benzene rings is 1. The van der Waals surface area contributed by atoms with Crippen molar-refractivity contribution in [2.45, 2.75) is 23.7 Å². The monoisotopic (exact) mass is 353 g/mol. The van der Waals surface area contributed by atoms with E-state index < -0.39 is 14.9 Å². The number of hydrogen-bond donors (Lipinski definition) is 2. The van der Waals surface area contributed by atoms with E-state index in [0.29, 0.717) is 5.89 Å². The molecule has 0 unspecified atom stereocenters. The predicted octanol–water partition coefficient (Wildman–Crippen LogP) is 1.25. The van der Waals surface area contributed by atoms with Crippen LogP contribution in [0.15, 0.2) is 33.6 Å². The molecule has 0 atom stereocenters. The molecule has 1 aliphatic heterocycles. The molecule has 0 aliphatic carbocycles. The highest BCUT2D eigenvalue weighted by atomic mass is 32.2. The van der Waals surface area contributed by atoms with Gasteiger partial charge in [0.1, 0.15) is 0 Å². The first-order valence-corrected chi connectivity index (χ1v) is 8.75. The molecule has 128 valence electrons. The number of rotatable bonds is 5. The number of sulfonamides is 1. The molecular formula is C13H15N5O5S. The predicted molar refractivity (Wildman–Crippen MR) is 83.0 cm³/mol. The fraction of sp³-hybridized carbons (Fsp3) is 0.385. The number of hydrogen-bond acceptors (Lipinski definition) is 8. The minimum Gasteiger partial charge on any atom is -0.407 e. The number of nitrogens with zero attached hydrogens (tertiary/aromatic N) is 3. The third-order valence-electron chi connectivity index (χ3n) is 3.71. The fourth-order valence-electron chi connectivity index (χ4n) is 2.43. The summed E-state index contributed by atoms with van der Waals surface area (Å²) >= 11 is 0. The van der Waals surface area contributed by atoms with Crippen LogP contribution in [0.5, 0.6) is 0 Å². The lowest BCUT2D eigenvalue weighted by atomic mass is 9.98. The van der Waals surface area contributed by atoms with Crippen molar-refractivity contribution < 1.29 is 17.8 Å². The Labute approximate surface area is 137 Å². The quantitative estimate of drug-likeness (QED) is 0.604. The highest BCUT2D eigenvalue weighted by Gasteiger charge is 2.23. The van der Waals surface area contributed by atoms with Crippen LogP contribution in [0.1, 0.15) is 24.7 Å². The first-order chi connectivity index (χ1) is 11.5. The van der Waals surface area contributed by atoms with Crippen molar-refractivity contribution in [1.82, 2.24) is 15.5 Å². The van der Waals surface area contributed by atoms with Crippen molar-refractivity contribution in [3.05, 3.63) is 40.3 Å². The van der Waals surface area contributed by atoms with E-state index in [1.54, 1.807) is 0 Å². The van der Waals surface area contributed by atoms with Crippen LogP contribution in [0.2, 0.25) is 0 Å². The summed E-state index contributed by atoms with van der Waals surface area (Å²) < 4.78 is 32.1. The number of nitrogens with one attached hydrogen (secondary N) is 2. The molecule has 2 aromatic rings. The average molecular weight is 353 g/mol. The second kappa shape index (κ2) is 6.53. The third kappa shape index (κ3) is 3.51. The second-order valence-corrected chi connectivity index (χ2v) is 7.01. The summed E-state index contributed by atoms with van der Waals surface area (Å²) in [5, 5.41) is 21.4. The molecule has 0 bridgehead atoms. The first kappa shape index (κ1) is 16.3. The lowest BCUT2D eigenvalue weighted by molar-refractivity contribution is -0.384. The molecule has 3 rings (SSSR count). The van der Waals surface area contributed by atoms with Gasteiger partial charge in [0.25, 0.3) is 15.7 Å². The van der Waals surface area contributed by atoms with Gasteiger partial charge in [0.2, 0.25) is 5.89 Å². The molecule has 1 aliphatic rings. The molecule has 0 amide bonds. The summed E-state index contributed by atoms with van der Waals surface area (Å²) in [6.07, 6.45) is 1.69. The van der Waals surface area contributed by atoms with Crippen LogP contribution in [0.4, 0.5) is 11.7 Å². The van der Waals surface area contributed by atoms with Gasteiger partial charge in [-0.15, -0.1) is 5.10 Å². The van der Waals surface area contributed by atoms with Crippen LogP contribution in [0, 0.1) is 10.1 Å². The fourth-order valence-corrected chi connectivity index (χ4v) is 3.36. The topological polar surface area (TPSA) is 140 Å². The molecule has 24 heavy (non-hydrogen) atoms. The zero-order chi connectivity index (χ0) is 17.2. The summed E-state index contributed by atoms with van der Waals surface area (Å²) in [6, 6.07) is 4.29. The van der Waals surface area contributed by atoms with Gasteiger partial charge in [-0.3, -0.25) is 10.1 Å². The number of non-ortho nitro benzene ring substituents is 1. The molecule has 1 fully saturated rings. The first-order valence-electron chi connectivity index (χ1n) is 7.27. The maximum absolute atomic E-state index is 12.2. The van der Waals surface area contributed by atoms with Gasteiger partial charge in [-0.25, -0.2) is 13.1 Å². The number of nitro groups is 1. The highest BCUT2D eigenvalue weighted by molar-refractivity contribution is 7.92. The average Bonchev–Trinajstić information content (AvgIpc) is 3.03. The Bertz CT molecular complexity index is 827. The van der Waals surface area contributed by atoms with Crippen LogP contribution in [-0.2, 0) is 10.0 Å². The zero-order valence-corrected chi connectivity index (χ0v) is 13.3. The molecule has 0 saturated carbocycles. The van der Waals surface area contributed by atoms with Gasteiger partial charge in [0.05, 0.1) is 9.82 Å². The minimum atomic E-state index is -3.95. The number of piperidine rings is 1. The van der Waals surface area contributed by atoms with Gasteiger partial charge in [0, 0.05) is 18.1 Å². The van der Waals surface area contributed by atoms with E-state index in [0.717, 1.165) is 50.2 Å². The van der Waals surface area contributed by atoms with E-state index >= 15 is 0 Å². The molecule has 1 aromatic carbocycles. The molecule has 10 nitrogen and oxygen atoms in total. The Hall–Kier alpha value is -2.53. The van der Waals surface area contributed by atoms with Crippen molar-refractivity contribution >= 4 is 21.7 Å². The van der Waals surface area contributed by atoms with Gasteiger partial charge in [-0.05, 0) is 38.1 Å². The Morgan fingerprint density at radius 1 is 1.21 bits per heavy atom. The molecule has 0 radical (unpaired) electrons. The normalized spacial score (nSPS) is 16.0. The largest absolute Gasteiger partial charge is 0.407 e. The number of aromatic nitrogens is 2. The minimum absolute atomic E-state index is 0.108. The Morgan fingerprint density at radius 3 is 2.50 bits per heavy atom. The standard InChI is InChI=1S/C13H15N5O5S/c19-18(20)10-1-3-11(4-2-10)24(21,22)17-13-16-15-12(23-13)9-5-7-14-8-6-9/h1-4,9,14H,5-8H2,(H,16,17). The molecule has 11 heteroatoms. The van der Waals surface area contributed by atoms with Crippen LogP contribution < -0.4 is 10.0 Å². The maximum Gasteiger partial charge on any atom is 0.329 e. The van der Waals surface area contributed by atoms with Crippen molar-refractivity contribution in [2.75, 3.05) is 17.8 Å². The molecule has 1 aromatic heterocycles. The number of anilines is 1. The number of nitro benzene ring substituents is 1. The summed E-state index contributed by atoms with van der Waals surface area (Å²) in [6.45, 7) is 1.69. The van der Waals surface area contributed by atoms with E-state index in [4.69, 9.17) is 4.42 Å². The van der Waals surface area contributed by atoms with Crippen LogP contribution >= 0.6 is 0 Å². The Kier molecular flexibility index (Phi) is 4.44. The van der Waals surface area contributed by atoms with Crippen LogP contribution in [-0.4, -0.2) is 36.6 Å². The van der Waals surface area contributed by atoms with E-state index in [1.807, 2.05) is 0 Å². The van der Waals surface area contributed by atoms with Crippen LogP contribution in [0.25, 0.3) is 0 Å². The lowest BCUT2D eigenvalue weighted by Crippen LogP contribution is -2.26. The van der Waals surface area contributed by atoms with Crippen molar-refractivity contribution in [2.24, 2.45) is 0 Å². The van der Waals surface area contributed by atoms with E-state index in [2.05, 4.69) is 20.2 Å². The molecule has 1 saturated heterocycles.